The van der Waals surface area contributed by atoms with Crippen molar-refractivity contribution < 1.29 is 14.2 Å². The maximum Gasteiger partial charge on any atom is 0.118 e. The highest BCUT2D eigenvalue weighted by Crippen LogP contribution is 2.24. The van der Waals surface area contributed by atoms with Gasteiger partial charge in [-0.25, -0.2) is 0 Å². The van der Waals surface area contributed by atoms with E-state index in [2.05, 4.69) is 24.0 Å². The summed E-state index contributed by atoms with van der Waals surface area (Å²) in [7, 11) is 1.71. The van der Waals surface area contributed by atoms with Crippen LogP contribution in [0.3, 0.4) is 0 Å². The van der Waals surface area contributed by atoms with Crippen LogP contribution in [-0.2, 0) is 9.47 Å². The molecule has 122 valence electrons. The van der Waals surface area contributed by atoms with Gasteiger partial charge in [0.1, 0.15) is 5.75 Å². The molecule has 0 bridgehead atoms. The molecule has 0 radical (unpaired) electrons. The quantitative estimate of drug-likeness (QED) is 0.837. The second kappa shape index (κ2) is 7.44. The Morgan fingerprint density at radius 1 is 1.18 bits per heavy atom. The van der Waals surface area contributed by atoms with E-state index in [1.165, 1.54) is 12.0 Å². The summed E-state index contributed by atoms with van der Waals surface area (Å²) in [6.45, 7) is 7.08. The number of nitrogens with zero attached hydrogens (tertiary/aromatic N) is 1. The van der Waals surface area contributed by atoms with E-state index in [0.717, 1.165) is 45.0 Å². The van der Waals surface area contributed by atoms with Crippen molar-refractivity contribution >= 4 is 0 Å². The molecule has 2 heterocycles. The van der Waals surface area contributed by atoms with Crippen molar-refractivity contribution in [1.29, 1.82) is 0 Å². The largest absolute Gasteiger partial charge is 0.497 e. The van der Waals surface area contributed by atoms with Gasteiger partial charge in [0.15, 0.2) is 0 Å². The molecule has 1 aromatic rings. The number of hydrogen-bond acceptors (Lipinski definition) is 4. The first-order chi connectivity index (χ1) is 10.8. The van der Waals surface area contributed by atoms with E-state index in [1.807, 2.05) is 12.1 Å². The first-order valence-electron chi connectivity index (χ1n) is 8.36. The zero-order valence-electron chi connectivity index (χ0n) is 13.7. The molecule has 3 rings (SSSR count). The van der Waals surface area contributed by atoms with Crippen molar-refractivity contribution in [3.05, 3.63) is 29.8 Å². The molecule has 0 saturated carbocycles. The van der Waals surface area contributed by atoms with Crippen LogP contribution in [0, 0.1) is 0 Å². The molecule has 0 amide bonds. The van der Waals surface area contributed by atoms with Crippen LogP contribution in [0.25, 0.3) is 0 Å². The van der Waals surface area contributed by atoms with Gasteiger partial charge in [-0.2, -0.15) is 0 Å². The predicted molar refractivity (Wildman–Crippen MR) is 86.6 cm³/mol. The van der Waals surface area contributed by atoms with Crippen LogP contribution >= 0.6 is 0 Å². The van der Waals surface area contributed by atoms with Crippen molar-refractivity contribution in [2.75, 3.05) is 40.0 Å². The van der Waals surface area contributed by atoms with Gasteiger partial charge in [-0.05, 0) is 36.5 Å². The Kier molecular flexibility index (Phi) is 5.34. The maximum atomic E-state index is 5.93. The Morgan fingerprint density at radius 2 is 1.95 bits per heavy atom. The summed E-state index contributed by atoms with van der Waals surface area (Å²) in [6.07, 6.45) is 2.87. The molecule has 4 heteroatoms. The van der Waals surface area contributed by atoms with Crippen LogP contribution in [0.5, 0.6) is 5.75 Å². The van der Waals surface area contributed by atoms with Gasteiger partial charge < -0.3 is 14.2 Å². The summed E-state index contributed by atoms with van der Waals surface area (Å²) in [5, 5.41) is 0. The molecule has 0 aliphatic carbocycles. The lowest BCUT2D eigenvalue weighted by molar-refractivity contribution is -0.0948. The van der Waals surface area contributed by atoms with E-state index < -0.39 is 0 Å². The van der Waals surface area contributed by atoms with Crippen LogP contribution in [0.2, 0.25) is 0 Å². The Bertz CT molecular complexity index is 456. The molecule has 2 aliphatic heterocycles. The fourth-order valence-corrected chi connectivity index (χ4v) is 3.44. The van der Waals surface area contributed by atoms with Gasteiger partial charge >= 0.3 is 0 Å². The first-order valence-corrected chi connectivity index (χ1v) is 8.36. The summed E-state index contributed by atoms with van der Waals surface area (Å²) in [4.78, 5) is 2.52. The standard InChI is InChI=1S/C18H27NO3/c1-14(15-5-7-16(20-2)8-6-15)12-19-9-11-22-18(13-19)17-4-3-10-21-17/h5-8,14,17-18H,3-4,9-13H2,1-2H3. The minimum Gasteiger partial charge on any atom is -0.497 e. The van der Waals surface area contributed by atoms with Gasteiger partial charge in [-0.15, -0.1) is 0 Å². The number of hydrogen-bond donors (Lipinski definition) is 0. The molecule has 4 nitrogen and oxygen atoms in total. The molecule has 3 unspecified atom stereocenters. The molecule has 1 aromatic carbocycles. The molecule has 0 aromatic heterocycles. The van der Waals surface area contributed by atoms with Crippen molar-refractivity contribution in [1.82, 2.24) is 4.90 Å². The number of morpholine rings is 1. The summed E-state index contributed by atoms with van der Waals surface area (Å²) in [6, 6.07) is 8.42. The lowest BCUT2D eigenvalue weighted by atomic mass is 9.99. The highest BCUT2D eigenvalue weighted by atomic mass is 16.5. The number of rotatable bonds is 5. The molecule has 22 heavy (non-hydrogen) atoms. The van der Waals surface area contributed by atoms with Crippen LogP contribution in [0.4, 0.5) is 0 Å². The average Bonchev–Trinajstić information content (AvgIpc) is 3.10. The van der Waals surface area contributed by atoms with E-state index in [9.17, 15) is 0 Å². The Labute approximate surface area is 133 Å². The molecular formula is C18H27NO3. The predicted octanol–water partition coefficient (Wildman–Crippen LogP) is 2.68. The minimum atomic E-state index is 0.249. The lowest BCUT2D eigenvalue weighted by Crippen LogP contribution is -2.48. The van der Waals surface area contributed by atoms with Crippen LogP contribution in [-0.4, -0.2) is 57.1 Å². The lowest BCUT2D eigenvalue weighted by Gasteiger charge is -2.36. The second-order valence-electron chi connectivity index (χ2n) is 6.39. The van der Waals surface area contributed by atoms with Crippen molar-refractivity contribution in [2.45, 2.75) is 37.9 Å². The summed E-state index contributed by atoms with van der Waals surface area (Å²) < 4.78 is 16.9. The molecule has 0 spiro atoms. The van der Waals surface area contributed by atoms with Gasteiger partial charge in [0.25, 0.3) is 0 Å². The van der Waals surface area contributed by atoms with Crippen molar-refractivity contribution in [3.8, 4) is 5.75 Å². The smallest absolute Gasteiger partial charge is 0.118 e. The van der Waals surface area contributed by atoms with Gasteiger partial charge in [-0.1, -0.05) is 19.1 Å². The van der Waals surface area contributed by atoms with Gasteiger partial charge in [0.05, 0.1) is 25.9 Å². The van der Waals surface area contributed by atoms with Gasteiger partial charge in [-0.3, -0.25) is 4.90 Å². The van der Waals surface area contributed by atoms with Crippen LogP contribution < -0.4 is 4.74 Å². The summed E-state index contributed by atoms with van der Waals surface area (Å²) in [5.74, 6) is 1.43. The van der Waals surface area contributed by atoms with Gasteiger partial charge in [0, 0.05) is 26.2 Å². The zero-order valence-corrected chi connectivity index (χ0v) is 13.7. The molecule has 0 N–H and O–H groups in total. The SMILES string of the molecule is COc1ccc(C(C)CN2CCOC(C3CCCO3)C2)cc1. The zero-order chi connectivity index (χ0) is 15.4. The third-order valence-electron chi connectivity index (χ3n) is 4.77. The number of ether oxygens (including phenoxy) is 3. The average molecular weight is 305 g/mol. The highest BCUT2D eigenvalue weighted by molar-refractivity contribution is 5.29. The Morgan fingerprint density at radius 3 is 2.64 bits per heavy atom. The molecule has 2 saturated heterocycles. The van der Waals surface area contributed by atoms with Crippen molar-refractivity contribution in [2.24, 2.45) is 0 Å². The minimum absolute atomic E-state index is 0.249. The van der Waals surface area contributed by atoms with Crippen LogP contribution in [0.15, 0.2) is 24.3 Å². The molecule has 2 fully saturated rings. The highest BCUT2D eigenvalue weighted by Gasteiger charge is 2.31. The maximum absolute atomic E-state index is 5.93. The number of benzene rings is 1. The summed E-state index contributed by atoms with van der Waals surface area (Å²) >= 11 is 0. The third kappa shape index (κ3) is 3.80. The molecule has 3 atom stereocenters. The number of methoxy groups -OCH3 is 1. The Balaban J connectivity index is 1.54. The van der Waals surface area contributed by atoms with Crippen LogP contribution in [0.1, 0.15) is 31.2 Å². The Hall–Kier alpha value is -1.10. The second-order valence-corrected chi connectivity index (χ2v) is 6.39. The molecule has 2 aliphatic rings. The van der Waals surface area contributed by atoms with E-state index in [4.69, 9.17) is 14.2 Å². The van der Waals surface area contributed by atoms with Crippen molar-refractivity contribution in [3.63, 3.8) is 0 Å². The first kappa shape index (κ1) is 15.8. The van der Waals surface area contributed by atoms with E-state index in [1.54, 1.807) is 7.11 Å². The third-order valence-corrected chi connectivity index (χ3v) is 4.77. The molecular weight excluding hydrogens is 278 g/mol. The fourth-order valence-electron chi connectivity index (χ4n) is 3.44. The monoisotopic (exact) mass is 305 g/mol. The normalized spacial score (nSPS) is 27.7. The van der Waals surface area contributed by atoms with Gasteiger partial charge in [0.2, 0.25) is 0 Å². The van der Waals surface area contributed by atoms with E-state index >= 15 is 0 Å². The topological polar surface area (TPSA) is 30.9 Å². The summed E-state index contributed by atoms with van der Waals surface area (Å²) in [5.41, 5.74) is 1.36. The van der Waals surface area contributed by atoms with E-state index in [-0.39, 0.29) is 6.10 Å². The van der Waals surface area contributed by atoms with E-state index in [0.29, 0.717) is 12.0 Å². The fraction of sp³-hybridized carbons (Fsp3) is 0.667.